The first-order valence-corrected chi connectivity index (χ1v) is 13.0. The van der Waals surface area contributed by atoms with Gasteiger partial charge in [-0.15, -0.1) is 0 Å². The number of carbonyl (C=O) groups excluding carboxylic acids is 1. The minimum absolute atomic E-state index is 0.0338. The zero-order valence-corrected chi connectivity index (χ0v) is 21.6. The van der Waals surface area contributed by atoms with Gasteiger partial charge in [0, 0.05) is 6.04 Å². The van der Waals surface area contributed by atoms with E-state index in [4.69, 9.17) is 4.99 Å². The van der Waals surface area contributed by atoms with Crippen molar-refractivity contribution in [2.24, 2.45) is 10.9 Å². The Hall–Kier alpha value is -1.07. The van der Waals surface area contributed by atoms with Gasteiger partial charge in [0.1, 0.15) is 5.75 Å². The third-order valence-electron chi connectivity index (χ3n) is 5.55. The van der Waals surface area contributed by atoms with E-state index in [1.54, 1.807) is 0 Å². The second kappa shape index (κ2) is 9.60. The highest BCUT2D eigenvalue weighted by atomic mass is 127. The van der Waals surface area contributed by atoms with Gasteiger partial charge in [-0.2, -0.15) is 0 Å². The summed E-state index contributed by atoms with van der Waals surface area (Å²) in [6, 6.07) is 13.8. The first-order valence-electron chi connectivity index (χ1n) is 9.99. The molecule has 7 heteroatoms. The van der Waals surface area contributed by atoms with Crippen LogP contribution in [0.15, 0.2) is 52.4 Å². The lowest BCUT2D eigenvalue weighted by Gasteiger charge is -2.35. The molecule has 156 valence electrons. The van der Waals surface area contributed by atoms with Crippen LogP contribution in [0.5, 0.6) is 5.75 Å². The quantitative estimate of drug-likeness (QED) is 0.296. The van der Waals surface area contributed by atoms with Crippen LogP contribution in [-0.2, 0) is 4.79 Å². The lowest BCUT2D eigenvalue weighted by molar-refractivity contribution is -0.124. The molecule has 2 atom stereocenters. The Balaban J connectivity index is 1.74. The Labute approximate surface area is 208 Å². The molecular formula is C23H22I2N2O2S. The zero-order valence-electron chi connectivity index (χ0n) is 16.5. The van der Waals surface area contributed by atoms with Crippen molar-refractivity contribution < 1.29 is 9.90 Å². The van der Waals surface area contributed by atoms with Crippen molar-refractivity contribution in [1.82, 2.24) is 4.90 Å². The lowest BCUT2D eigenvalue weighted by atomic mass is 9.85. The van der Waals surface area contributed by atoms with Gasteiger partial charge in [-0.05, 0) is 112 Å². The van der Waals surface area contributed by atoms with Gasteiger partial charge in [0.25, 0.3) is 5.91 Å². The standard InChI is InChI=1S/C23H22I2N2O2S/c1-14-7-5-6-10-19(14)27-22(29)20(13-15-11-17(24)21(28)18(25)12-15)30-23(27)26-16-8-3-2-4-9-16/h2-4,8-9,11-14,19,28H,5-7,10H2,1H3/b20-13-,26-23?/t14-,19-/m1/s1. The molecule has 2 aliphatic rings. The highest BCUT2D eigenvalue weighted by molar-refractivity contribution is 14.1. The summed E-state index contributed by atoms with van der Waals surface area (Å²) >= 11 is 5.69. The molecule has 2 aromatic carbocycles. The van der Waals surface area contributed by atoms with Gasteiger partial charge < -0.3 is 5.11 Å². The Morgan fingerprint density at radius 2 is 1.80 bits per heavy atom. The van der Waals surface area contributed by atoms with Crippen LogP contribution in [0.3, 0.4) is 0 Å². The topological polar surface area (TPSA) is 52.9 Å². The highest BCUT2D eigenvalue weighted by Crippen LogP contribution is 2.40. The first-order chi connectivity index (χ1) is 14.4. The summed E-state index contributed by atoms with van der Waals surface area (Å²) in [5, 5.41) is 10.8. The molecule has 30 heavy (non-hydrogen) atoms. The number of carbonyl (C=O) groups is 1. The second-order valence-electron chi connectivity index (χ2n) is 7.68. The van der Waals surface area contributed by atoms with Gasteiger partial charge >= 0.3 is 0 Å². The Morgan fingerprint density at radius 3 is 2.47 bits per heavy atom. The molecule has 0 aromatic heterocycles. The van der Waals surface area contributed by atoms with E-state index in [1.807, 2.05) is 53.4 Å². The van der Waals surface area contributed by atoms with Crippen molar-refractivity contribution in [2.75, 3.05) is 0 Å². The average Bonchev–Trinajstić information content (AvgIpc) is 3.02. The molecule has 1 saturated heterocycles. The van der Waals surface area contributed by atoms with Crippen molar-refractivity contribution in [1.29, 1.82) is 0 Å². The predicted octanol–water partition coefficient (Wildman–Crippen LogP) is 6.78. The first kappa shape index (κ1) is 22.1. The molecule has 1 heterocycles. The Kier molecular flexibility index (Phi) is 7.08. The van der Waals surface area contributed by atoms with E-state index < -0.39 is 0 Å². The van der Waals surface area contributed by atoms with E-state index in [1.165, 1.54) is 18.2 Å². The number of phenolic OH excluding ortho intramolecular Hbond substituents is 1. The van der Waals surface area contributed by atoms with E-state index >= 15 is 0 Å². The van der Waals surface area contributed by atoms with Crippen LogP contribution in [0.2, 0.25) is 0 Å². The Bertz CT molecular complexity index is 1000. The van der Waals surface area contributed by atoms with Gasteiger partial charge in [-0.3, -0.25) is 9.69 Å². The number of amidine groups is 1. The summed E-state index contributed by atoms with van der Waals surface area (Å²) in [4.78, 5) is 21.0. The van der Waals surface area contributed by atoms with Crippen molar-refractivity contribution in [3.63, 3.8) is 0 Å². The molecule has 0 unspecified atom stereocenters. The molecule has 1 saturated carbocycles. The van der Waals surface area contributed by atoms with Crippen molar-refractivity contribution >= 4 is 79.8 Å². The minimum atomic E-state index is 0.0338. The van der Waals surface area contributed by atoms with Crippen LogP contribution in [-0.4, -0.2) is 27.1 Å². The number of hydrogen-bond donors (Lipinski definition) is 1. The number of amides is 1. The van der Waals surface area contributed by atoms with Crippen LogP contribution in [0.25, 0.3) is 6.08 Å². The lowest BCUT2D eigenvalue weighted by Crippen LogP contribution is -2.44. The number of rotatable bonds is 3. The maximum Gasteiger partial charge on any atom is 0.267 e. The number of para-hydroxylation sites is 1. The third-order valence-corrected chi connectivity index (χ3v) is 8.18. The Morgan fingerprint density at radius 1 is 1.13 bits per heavy atom. The van der Waals surface area contributed by atoms with E-state index in [0.717, 1.165) is 42.8 Å². The summed E-state index contributed by atoms with van der Waals surface area (Å²) in [5.74, 6) is 0.776. The molecular weight excluding hydrogens is 622 g/mol. The fourth-order valence-electron chi connectivity index (χ4n) is 3.97. The van der Waals surface area contributed by atoms with Crippen molar-refractivity contribution in [3.05, 3.63) is 60.1 Å². The number of hydrogen-bond acceptors (Lipinski definition) is 4. The average molecular weight is 644 g/mol. The fourth-order valence-corrected chi connectivity index (χ4v) is 6.83. The van der Waals surface area contributed by atoms with Gasteiger partial charge in [0.05, 0.1) is 17.7 Å². The van der Waals surface area contributed by atoms with E-state index in [-0.39, 0.29) is 17.7 Å². The molecule has 1 aliphatic carbocycles. The summed E-state index contributed by atoms with van der Waals surface area (Å²) in [7, 11) is 0. The van der Waals surface area contributed by atoms with Crippen LogP contribution >= 0.6 is 56.9 Å². The number of nitrogens with zero attached hydrogens (tertiary/aromatic N) is 2. The summed E-state index contributed by atoms with van der Waals surface area (Å²) in [6.45, 7) is 2.24. The zero-order chi connectivity index (χ0) is 21.3. The SMILES string of the molecule is C[C@@H]1CCCC[C@H]1N1C(=O)/C(=C/c2cc(I)c(O)c(I)c2)SC1=Nc1ccccc1. The minimum Gasteiger partial charge on any atom is -0.506 e. The van der Waals surface area contributed by atoms with Gasteiger partial charge in [-0.1, -0.05) is 38.0 Å². The monoisotopic (exact) mass is 644 g/mol. The molecule has 1 aliphatic heterocycles. The van der Waals surface area contributed by atoms with Crippen molar-refractivity contribution in [2.45, 2.75) is 38.6 Å². The number of aromatic hydroxyl groups is 1. The van der Waals surface area contributed by atoms with E-state index in [2.05, 4.69) is 52.1 Å². The predicted molar refractivity (Wildman–Crippen MR) is 141 cm³/mol. The summed E-state index contributed by atoms with van der Waals surface area (Å²) in [5.41, 5.74) is 1.77. The largest absolute Gasteiger partial charge is 0.506 e. The van der Waals surface area contributed by atoms with Gasteiger partial charge in [0.15, 0.2) is 5.17 Å². The van der Waals surface area contributed by atoms with Gasteiger partial charge in [0.2, 0.25) is 0 Å². The molecule has 4 rings (SSSR count). The maximum atomic E-state index is 13.5. The second-order valence-corrected chi connectivity index (χ2v) is 11.0. The maximum absolute atomic E-state index is 13.5. The number of phenols is 1. The molecule has 1 amide bonds. The van der Waals surface area contributed by atoms with Gasteiger partial charge in [-0.25, -0.2) is 4.99 Å². The summed E-state index contributed by atoms with van der Waals surface area (Å²) in [6.07, 6.45) is 6.46. The van der Waals surface area contributed by atoms with Crippen LogP contribution in [0.4, 0.5) is 5.69 Å². The molecule has 0 bridgehead atoms. The highest BCUT2D eigenvalue weighted by Gasteiger charge is 2.41. The number of halogens is 2. The number of benzene rings is 2. The summed E-state index contributed by atoms with van der Waals surface area (Å²) < 4.78 is 1.55. The molecule has 0 spiro atoms. The molecule has 4 nitrogen and oxygen atoms in total. The number of thioether (sulfide) groups is 1. The fraction of sp³-hybridized carbons (Fsp3) is 0.304. The van der Waals surface area contributed by atoms with Crippen molar-refractivity contribution in [3.8, 4) is 5.75 Å². The molecule has 0 radical (unpaired) electrons. The van der Waals surface area contributed by atoms with Crippen LogP contribution in [0.1, 0.15) is 38.2 Å². The number of aliphatic imine (C=N–C) groups is 1. The smallest absolute Gasteiger partial charge is 0.267 e. The third kappa shape index (κ3) is 4.72. The van der Waals surface area contributed by atoms with Crippen LogP contribution in [0, 0.1) is 13.1 Å². The normalized spacial score (nSPS) is 24.8. The molecule has 1 N–H and O–H groups in total. The molecule has 2 aromatic rings. The molecule has 2 fully saturated rings. The van der Waals surface area contributed by atoms with E-state index in [9.17, 15) is 9.90 Å². The van der Waals surface area contributed by atoms with Crippen LogP contribution < -0.4 is 0 Å². The van der Waals surface area contributed by atoms with E-state index in [0.29, 0.717) is 10.8 Å².